The van der Waals surface area contributed by atoms with E-state index in [9.17, 15) is 15.2 Å². The van der Waals surface area contributed by atoms with Crippen LogP contribution in [0.15, 0.2) is 12.1 Å². The average Bonchev–Trinajstić information content (AvgIpc) is 2.45. The molecule has 3 rings (SSSR count). The van der Waals surface area contributed by atoms with Gasteiger partial charge in [0.15, 0.2) is 0 Å². The van der Waals surface area contributed by atoms with Crippen LogP contribution >= 0.6 is 0 Å². The minimum atomic E-state index is -0.509. The van der Waals surface area contributed by atoms with Gasteiger partial charge in [-0.25, -0.2) is 4.98 Å². The number of rotatable bonds is 2. The minimum Gasteiger partial charge on any atom is -0.389 e. The molecule has 21 heavy (non-hydrogen) atoms. The van der Waals surface area contributed by atoms with Gasteiger partial charge in [-0.2, -0.15) is 0 Å². The monoisotopic (exact) mass is 291 g/mol. The third-order valence-corrected chi connectivity index (χ3v) is 4.99. The molecule has 0 aromatic carbocycles. The maximum atomic E-state index is 10.9. The van der Waals surface area contributed by atoms with E-state index in [1.165, 1.54) is 12.5 Å². The highest BCUT2D eigenvalue weighted by atomic mass is 16.6. The van der Waals surface area contributed by atoms with E-state index in [-0.39, 0.29) is 11.6 Å². The van der Waals surface area contributed by atoms with Crippen LogP contribution in [-0.2, 0) is 0 Å². The van der Waals surface area contributed by atoms with Gasteiger partial charge in [0.2, 0.25) is 0 Å². The topological polar surface area (TPSA) is 79.5 Å². The molecule has 2 atom stereocenters. The Kier molecular flexibility index (Phi) is 3.57. The van der Waals surface area contributed by atoms with Crippen LogP contribution in [-0.4, -0.2) is 33.7 Å². The molecule has 1 aliphatic carbocycles. The molecule has 2 fully saturated rings. The molecule has 114 valence electrons. The minimum absolute atomic E-state index is 0.0601. The van der Waals surface area contributed by atoms with Gasteiger partial charge < -0.3 is 10.0 Å². The summed E-state index contributed by atoms with van der Waals surface area (Å²) in [7, 11) is 0. The number of pyridine rings is 1. The summed E-state index contributed by atoms with van der Waals surface area (Å²) in [5, 5.41) is 21.5. The largest absolute Gasteiger partial charge is 0.389 e. The lowest BCUT2D eigenvalue weighted by molar-refractivity contribution is -0.385. The van der Waals surface area contributed by atoms with E-state index >= 15 is 0 Å². The number of hydrogen-bond donors (Lipinski definition) is 1. The summed E-state index contributed by atoms with van der Waals surface area (Å²) in [4.78, 5) is 17.0. The van der Waals surface area contributed by atoms with E-state index in [1.807, 2.05) is 0 Å². The predicted molar refractivity (Wildman–Crippen MR) is 79.4 cm³/mol. The summed E-state index contributed by atoms with van der Waals surface area (Å²) in [5.74, 6) is 1.07. The molecule has 0 radical (unpaired) electrons. The zero-order valence-electron chi connectivity index (χ0n) is 12.3. The molecule has 1 aromatic heterocycles. The second kappa shape index (κ2) is 5.26. The highest BCUT2D eigenvalue weighted by Crippen LogP contribution is 2.40. The van der Waals surface area contributed by atoms with Crippen molar-refractivity contribution < 1.29 is 10.0 Å². The Morgan fingerprint density at radius 3 is 2.95 bits per heavy atom. The van der Waals surface area contributed by atoms with Crippen molar-refractivity contribution in [2.24, 2.45) is 5.92 Å². The number of fused-ring (bicyclic) bond motifs is 1. The number of hydrogen-bond acceptors (Lipinski definition) is 5. The van der Waals surface area contributed by atoms with Crippen LogP contribution in [0.25, 0.3) is 0 Å². The molecule has 1 N–H and O–H groups in total. The molecule has 2 aliphatic rings. The van der Waals surface area contributed by atoms with Crippen molar-refractivity contribution in [3.05, 3.63) is 27.9 Å². The number of piperidine rings is 1. The lowest BCUT2D eigenvalue weighted by Gasteiger charge is -2.47. The fraction of sp³-hybridized carbons (Fsp3) is 0.667. The molecule has 1 aromatic rings. The van der Waals surface area contributed by atoms with Gasteiger partial charge in [0.25, 0.3) is 5.69 Å². The molecule has 2 unspecified atom stereocenters. The van der Waals surface area contributed by atoms with Crippen molar-refractivity contribution in [1.82, 2.24) is 4.98 Å². The quantitative estimate of drug-likeness (QED) is 0.668. The van der Waals surface area contributed by atoms with Crippen molar-refractivity contribution in [2.75, 3.05) is 18.0 Å². The van der Waals surface area contributed by atoms with Gasteiger partial charge in [-0.05, 0) is 32.3 Å². The summed E-state index contributed by atoms with van der Waals surface area (Å²) in [6, 6.07) is 3.25. The van der Waals surface area contributed by atoms with Crippen LogP contribution in [0.1, 0.15) is 37.8 Å². The normalized spacial score (nSPS) is 29.0. The molecule has 2 heterocycles. The number of nitrogens with zero attached hydrogens (tertiary/aromatic N) is 3. The van der Waals surface area contributed by atoms with Gasteiger partial charge >= 0.3 is 0 Å². The van der Waals surface area contributed by atoms with E-state index in [2.05, 4.69) is 9.88 Å². The van der Waals surface area contributed by atoms with Crippen molar-refractivity contribution in [3.8, 4) is 0 Å². The van der Waals surface area contributed by atoms with Crippen LogP contribution in [0.4, 0.5) is 11.5 Å². The average molecular weight is 291 g/mol. The Balaban J connectivity index is 1.79. The van der Waals surface area contributed by atoms with Crippen LogP contribution in [0.5, 0.6) is 0 Å². The summed E-state index contributed by atoms with van der Waals surface area (Å²) in [6.07, 6.45) is 5.00. The molecule has 1 aliphatic heterocycles. The van der Waals surface area contributed by atoms with E-state index in [4.69, 9.17) is 0 Å². The van der Waals surface area contributed by atoms with Gasteiger partial charge in [0, 0.05) is 25.1 Å². The number of aliphatic hydroxyl groups is 1. The molecule has 0 amide bonds. The van der Waals surface area contributed by atoms with Crippen molar-refractivity contribution in [2.45, 2.75) is 44.6 Å². The first-order valence-corrected chi connectivity index (χ1v) is 7.59. The molecule has 1 saturated heterocycles. The molecular weight excluding hydrogens is 270 g/mol. The summed E-state index contributed by atoms with van der Waals surface area (Å²) in [6.45, 7) is 3.22. The molecule has 0 bridgehead atoms. The Labute approximate surface area is 123 Å². The summed E-state index contributed by atoms with van der Waals surface area (Å²) in [5.41, 5.74) is -0.00296. The number of aryl methyl sites for hydroxylation is 1. The first-order valence-electron chi connectivity index (χ1n) is 7.59. The fourth-order valence-corrected chi connectivity index (χ4v) is 3.69. The lowest BCUT2D eigenvalue weighted by Crippen LogP contribution is -2.53. The van der Waals surface area contributed by atoms with Crippen LogP contribution in [0, 0.1) is 23.0 Å². The van der Waals surface area contributed by atoms with E-state index < -0.39 is 10.5 Å². The molecule has 6 nitrogen and oxygen atoms in total. The smallest absolute Gasteiger partial charge is 0.290 e. The summed E-state index contributed by atoms with van der Waals surface area (Å²) >= 11 is 0. The van der Waals surface area contributed by atoms with Gasteiger partial charge in [0.05, 0.1) is 10.5 Å². The molecule has 6 heteroatoms. The zero-order chi connectivity index (χ0) is 15.0. The summed E-state index contributed by atoms with van der Waals surface area (Å²) < 4.78 is 0. The number of nitro groups is 1. The third kappa shape index (κ3) is 2.60. The Morgan fingerprint density at radius 1 is 1.43 bits per heavy atom. The van der Waals surface area contributed by atoms with Crippen molar-refractivity contribution in [1.29, 1.82) is 0 Å². The maximum absolute atomic E-state index is 10.9. The molecule has 0 spiro atoms. The fourth-order valence-electron chi connectivity index (χ4n) is 3.69. The first-order chi connectivity index (χ1) is 9.99. The first kappa shape index (κ1) is 14.3. The highest BCUT2D eigenvalue weighted by Gasteiger charge is 2.43. The van der Waals surface area contributed by atoms with Crippen LogP contribution in [0.3, 0.4) is 0 Å². The van der Waals surface area contributed by atoms with Gasteiger partial charge in [-0.3, -0.25) is 10.1 Å². The van der Waals surface area contributed by atoms with Gasteiger partial charge in [-0.15, -0.1) is 0 Å². The van der Waals surface area contributed by atoms with E-state index in [0.29, 0.717) is 5.69 Å². The number of aromatic nitrogens is 1. The van der Waals surface area contributed by atoms with E-state index in [1.54, 1.807) is 13.0 Å². The Morgan fingerprint density at radius 2 is 2.24 bits per heavy atom. The second-order valence-corrected chi connectivity index (χ2v) is 6.27. The SMILES string of the molecule is Cc1nc(N2CCC3(O)CCCCC3C2)ccc1[N+](=O)[O-]. The maximum Gasteiger partial charge on any atom is 0.290 e. The lowest BCUT2D eigenvalue weighted by atomic mass is 9.71. The predicted octanol–water partition coefficient (Wildman–Crippen LogP) is 2.43. The third-order valence-electron chi connectivity index (χ3n) is 4.99. The van der Waals surface area contributed by atoms with Crippen molar-refractivity contribution in [3.63, 3.8) is 0 Å². The van der Waals surface area contributed by atoms with Crippen LogP contribution < -0.4 is 4.90 Å². The van der Waals surface area contributed by atoms with E-state index in [0.717, 1.165) is 44.6 Å². The molecular formula is C15H21N3O3. The van der Waals surface area contributed by atoms with Crippen LogP contribution in [0.2, 0.25) is 0 Å². The van der Waals surface area contributed by atoms with Crippen molar-refractivity contribution >= 4 is 11.5 Å². The van der Waals surface area contributed by atoms with Gasteiger partial charge in [0.1, 0.15) is 11.5 Å². The number of anilines is 1. The second-order valence-electron chi connectivity index (χ2n) is 6.27. The zero-order valence-corrected chi connectivity index (χ0v) is 12.3. The van der Waals surface area contributed by atoms with Gasteiger partial charge in [-0.1, -0.05) is 12.8 Å². The Hall–Kier alpha value is -1.69. The molecule has 1 saturated carbocycles. The Bertz CT molecular complexity index is 563. The highest BCUT2D eigenvalue weighted by molar-refractivity contribution is 5.47. The standard InChI is InChI=1S/C15H21N3O3/c1-11-13(18(20)21)5-6-14(16-11)17-9-8-15(19)7-3-2-4-12(15)10-17/h5-6,12,19H,2-4,7-10H2,1H3.